The minimum atomic E-state index is -0.0161. The smallest absolute Gasteiger partial charge is 0.328 e. The molecule has 0 saturated carbocycles. The van der Waals surface area contributed by atoms with E-state index in [1.807, 2.05) is 18.2 Å². The van der Waals surface area contributed by atoms with Gasteiger partial charge in [-0.2, -0.15) is 0 Å². The number of nitrogens with two attached hydrogens (primary N) is 1. The van der Waals surface area contributed by atoms with Crippen LogP contribution in [-0.2, 0) is 20.5 Å². The molecule has 0 bridgehead atoms. The van der Waals surface area contributed by atoms with Crippen molar-refractivity contribution in [3.8, 4) is 16.9 Å². The van der Waals surface area contributed by atoms with Crippen LogP contribution in [-0.4, -0.2) is 21.8 Å². The first-order valence-corrected chi connectivity index (χ1v) is 7.72. The zero-order chi connectivity index (χ0) is 16.1. The summed E-state index contributed by atoms with van der Waals surface area (Å²) in [6.07, 6.45) is 0.803. The maximum Gasteiger partial charge on any atom is 0.328 e. The molecule has 0 radical (unpaired) electrons. The van der Waals surface area contributed by atoms with Crippen molar-refractivity contribution in [3.05, 3.63) is 52.4 Å². The number of ether oxygens (including phenoxy) is 1. The number of aryl methyl sites for hydroxylation is 2. The normalized spacial score (nSPS) is 17.1. The molecule has 1 atom stereocenters. The van der Waals surface area contributed by atoms with Crippen LogP contribution in [0.2, 0.25) is 0 Å². The number of rotatable bonds is 1. The van der Waals surface area contributed by atoms with E-state index in [1.165, 1.54) is 0 Å². The van der Waals surface area contributed by atoms with Crippen molar-refractivity contribution in [2.75, 3.05) is 6.61 Å². The van der Waals surface area contributed by atoms with Gasteiger partial charge < -0.3 is 10.5 Å². The molecule has 0 amide bonds. The molecular weight excluding hydrogens is 290 g/mol. The van der Waals surface area contributed by atoms with E-state index < -0.39 is 0 Å². The van der Waals surface area contributed by atoms with Crippen LogP contribution in [0.3, 0.4) is 0 Å². The van der Waals surface area contributed by atoms with Crippen LogP contribution in [0.15, 0.2) is 41.2 Å². The Morgan fingerprint density at radius 2 is 1.91 bits per heavy atom. The third-order valence-electron chi connectivity index (χ3n) is 4.64. The number of aromatic nitrogens is 2. The van der Waals surface area contributed by atoms with Gasteiger partial charge in [0, 0.05) is 25.7 Å². The van der Waals surface area contributed by atoms with Crippen LogP contribution in [0.4, 0.5) is 0 Å². The van der Waals surface area contributed by atoms with Gasteiger partial charge in [0.15, 0.2) is 0 Å². The number of benzene rings is 2. The number of hydrogen-bond donors (Lipinski definition) is 1. The number of hydrogen-bond acceptors (Lipinski definition) is 3. The first-order chi connectivity index (χ1) is 11.1. The van der Waals surface area contributed by atoms with E-state index >= 15 is 0 Å². The SMILES string of the molecule is Cn1c(=O)n(C)c2cc(-c3cccc4c3CC(N)CO4)ccc21. The Morgan fingerprint density at radius 1 is 1.13 bits per heavy atom. The first kappa shape index (κ1) is 14.1. The molecule has 0 fully saturated rings. The highest BCUT2D eigenvalue weighted by Crippen LogP contribution is 2.35. The molecular formula is C18H19N3O2. The third-order valence-corrected chi connectivity index (χ3v) is 4.64. The van der Waals surface area contributed by atoms with Gasteiger partial charge in [-0.3, -0.25) is 9.13 Å². The highest BCUT2D eigenvalue weighted by molar-refractivity contribution is 5.84. The summed E-state index contributed by atoms with van der Waals surface area (Å²) in [6.45, 7) is 0.558. The summed E-state index contributed by atoms with van der Waals surface area (Å²) in [5, 5.41) is 0. The van der Waals surface area contributed by atoms with Gasteiger partial charge >= 0.3 is 5.69 Å². The molecule has 2 aromatic carbocycles. The predicted molar refractivity (Wildman–Crippen MR) is 90.8 cm³/mol. The molecule has 2 heterocycles. The van der Waals surface area contributed by atoms with Gasteiger partial charge in [-0.25, -0.2) is 4.79 Å². The monoisotopic (exact) mass is 309 g/mol. The van der Waals surface area contributed by atoms with Gasteiger partial charge in [0.25, 0.3) is 0 Å². The first-order valence-electron chi connectivity index (χ1n) is 7.72. The van der Waals surface area contributed by atoms with E-state index in [0.717, 1.165) is 39.9 Å². The maximum absolute atomic E-state index is 12.1. The van der Waals surface area contributed by atoms with Crippen molar-refractivity contribution >= 4 is 11.0 Å². The fourth-order valence-electron chi connectivity index (χ4n) is 3.37. The van der Waals surface area contributed by atoms with Gasteiger partial charge in [0.1, 0.15) is 12.4 Å². The van der Waals surface area contributed by atoms with Crippen molar-refractivity contribution in [1.29, 1.82) is 0 Å². The number of imidazole rings is 1. The lowest BCUT2D eigenvalue weighted by Crippen LogP contribution is -2.34. The zero-order valence-electron chi connectivity index (χ0n) is 13.2. The van der Waals surface area contributed by atoms with Gasteiger partial charge in [0.2, 0.25) is 0 Å². The van der Waals surface area contributed by atoms with Gasteiger partial charge in [0.05, 0.1) is 11.0 Å². The molecule has 0 saturated heterocycles. The summed E-state index contributed by atoms with van der Waals surface area (Å²) < 4.78 is 9.09. The Labute approximate surface area is 133 Å². The van der Waals surface area contributed by atoms with Crippen LogP contribution >= 0.6 is 0 Å². The molecule has 1 aliphatic rings. The van der Waals surface area contributed by atoms with Gasteiger partial charge in [-0.1, -0.05) is 18.2 Å². The van der Waals surface area contributed by atoms with Crippen molar-refractivity contribution in [2.24, 2.45) is 19.8 Å². The summed E-state index contributed by atoms with van der Waals surface area (Å²) in [5.74, 6) is 0.909. The molecule has 3 aromatic rings. The molecule has 0 aliphatic carbocycles. The van der Waals surface area contributed by atoms with Crippen molar-refractivity contribution in [2.45, 2.75) is 12.5 Å². The van der Waals surface area contributed by atoms with E-state index in [9.17, 15) is 4.79 Å². The molecule has 0 spiro atoms. The van der Waals surface area contributed by atoms with Gasteiger partial charge in [-0.05, 0) is 35.7 Å². The maximum atomic E-state index is 12.1. The Balaban J connectivity index is 1.94. The Kier molecular flexibility index (Phi) is 3.06. The lowest BCUT2D eigenvalue weighted by Gasteiger charge is -2.24. The van der Waals surface area contributed by atoms with Crippen molar-refractivity contribution in [3.63, 3.8) is 0 Å². The molecule has 1 unspecified atom stereocenters. The Bertz CT molecular complexity index is 968. The summed E-state index contributed by atoms with van der Waals surface area (Å²) in [5.41, 5.74) is 11.2. The van der Waals surface area contributed by atoms with E-state index in [0.29, 0.717) is 6.61 Å². The van der Waals surface area contributed by atoms with E-state index in [1.54, 1.807) is 23.2 Å². The minimum absolute atomic E-state index is 0.0161. The molecule has 5 nitrogen and oxygen atoms in total. The van der Waals surface area contributed by atoms with Crippen LogP contribution in [0.25, 0.3) is 22.2 Å². The Morgan fingerprint density at radius 3 is 2.74 bits per heavy atom. The van der Waals surface area contributed by atoms with Crippen LogP contribution < -0.4 is 16.2 Å². The second kappa shape index (κ2) is 4.99. The lowest BCUT2D eigenvalue weighted by molar-refractivity contribution is 0.264. The topological polar surface area (TPSA) is 62.2 Å². The zero-order valence-corrected chi connectivity index (χ0v) is 13.2. The molecule has 1 aliphatic heterocycles. The van der Waals surface area contributed by atoms with Crippen molar-refractivity contribution in [1.82, 2.24) is 9.13 Å². The summed E-state index contributed by atoms with van der Waals surface area (Å²) >= 11 is 0. The molecule has 118 valence electrons. The largest absolute Gasteiger partial charge is 0.492 e. The summed E-state index contributed by atoms with van der Waals surface area (Å²) in [4.78, 5) is 12.1. The fourth-order valence-corrected chi connectivity index (χ4v) is 3.37. The van der Waals surface area contributed by atoms with Crippen LogP contribution in [0.1, 0.15) is 5.56 Å². The molecule has 2 N–H and O–H groups in total. The minimum Gasteiger partial charge on any atom is -0.492 e. The van der Waals surface area contributed by atoms with E-state index in [2.05, 4.69) is 18.2 Å². The van der Waals surface area contributed by atoms with E-state index in [-0.39, 0.29) is 11.7 Å². The molecule has 23 heavy (non-hydrogen) atoms. The molecule has 1 aromatic heterocycles. The molecule has 5 heteroatoms. The Hall–Kier alpha value is -2.53. The third kappa shape index (κ3) is 2.08. The number of fused-ring (bicyclic) bond motifs is 2. The number of nitrogens with zero attached hydrogens (tertiary/aromatic N) is 2. The average molecular weight is 309 g/mol. The van der Waals surface area contributed by atoms with Crippen LogP contribution in [0.5, 0.6) is 5.75 Å². The average Bonchev–Trinajstić information content (AvgIpc) is 2.78. The fraction of sp³-hybridized carbons (Fsp3) is 0.278. The highest BCUT2D eigenvalue weighted by Gasteiger charge is 2.20. The quantitative estimate of drug-likeness (QED) is 0.745. The second-order valence-corrected chi connectivity index (χ2v) is 6.16. The van der Waals surface area contributed by atoms with Crippen LogP contribution in [0, 0.1) is 0 Å². The predicted octanol–water partition coefficient (Wildman–Crippen LogP) is 1.81. The van der Waals surface area contributed by atoms with Crippen molar-refractivity contribution < 1.29 is 4.74 Å². The van der Waals surface area contributed by atoms with E-state index in [4.69, 9.17) is 10.5 Å². The van der Waals surface area contributed by atoms with Gasteiger partial charge in [-0.15, -0.1) is 0 Å². The summed E-state index contributed by atoms with van der Waals surface area (Å²) in [7, 11) is 3.59. The lowest BCUT2D eigenvalue weighted by atomic mass is 9.93. The summed E-state index contributed by atoms with van der Waals surface area (Å²) in [6, 6.07) is 12.2. The second-order valence-electron chi connectivity index (χ2n) is 6.16. The standard InChI is InChI=1S/C18H19N3O2/c1-20-15-7-6-11(8-16(15)21(2)18(20)22)13-4-3-5-17-14(13)9-12(19)10-23-17/h3-8,12H,9-10,19H2,1-2H3. The highest BCUT2D eigenvalue weighted by atomic mass is 16.5. The molecule has 4 rings (SSSR count).